The Labute approximate surface area is 133 Å². The number of rotatable bonds is 4. The molecule has 0 saturated heterocycles. The number of aryl methyl sites for hydroxylation is 1. The maximum absolute atomic E-state index is 6.31. The van der Waals surface area contributed by atoms with Crippen LogP contribution in [0.15, 0.2) is 53.5 Å². The number of hydrogen-bond acceptors (Lipinski definition) is 1. The molecule has 116 valence electrons. The van der Waals surface area contributed by atoms with E-state index in [1.54, 1.807) is 0 Å². The lowest BCUT2D eigenvalue weighted by molar-refractivity contribution is 0.866. The first-order chi connectivity index (χ1) is 10.5. The Morgan fingerprint density at radius 3 is 2.36 bits per heavy atom. The summed E-state index contributed by atoms with van der Waals surface area (Å²) in [4.78, 5) is 6.74. The van der Waals surface area contributed by atoms with Crippen molar-refractivity contribution in [2.24, 2.45) is 10.7 Å². The third-order valence-corrected chi connectivity index (χ3v) is 3.79. The second-order valence-corrected chi connectivity index (χ2v) is 5.71. The van der Waals surface area contributed by atoms with Crippen LogP contribution in [0.1, 0.15) is 37.8 Å². The Morgan fingerprint density at radius 1 is 1.09 bits per heavy atom. The first kappa shape index (κ1) is 16.1. The third-order valence-electron chi connectivity index (χ3n) is 3.79. The molecule has 0 radical (unpaired) electrons. The van der Waals surface area contributed by atoms with Crippen molar-refractivity contribution in [2.45, 2.75) is 33.6 Å². The summed E-state index contributed by atoms with van der Waals surface area (Å²) >= 11 is 0. The van der Waals surface area contributed by atoms with Gasteiger partial charge < -0.3 is 10.6 Å². The molecule has 3 heteroatoms. The Bertz CT molecular complexity index is 659. The Kier molecular flexibility index (Phi) is 5.21. The van der Waals surface area contributed by atoms with E-state index in [2.05, 4.69) is 50.9 Å². The minimum Gasteiger partial charge on any atom is -0.369 e. The number of anilines is 1. The van der Waals surface area contributed by atoms with Crippen LogP contribution in [-0.4, -0.2) is 12.5 Å². The number of hydrogen-bond donors (Lipinski definition) is 1. The normalized spacial score (nSPS) is 11.8. The highest BCUT2D eigenvalue weighted by atomic mass is 15.3. The van der Waals surface area contributed by atoms with E-state index in [1.165, 1.54) is 11.1 Å². The molecule has 2 N–H and O–H groups in total. The smallest absolute Gasteiger partial charge is 0.201 e. The maximum atomic E-state index is 6.31. The van der Waals surface area contributed by atoms with Crippen molar-refractivity contribution >= 4 is 17.3 Å². The molecular weight excluding hydrogens is 270 g/mol. The number of nitrogens with zero attached hydrogens (tertiary/aromatic N) is 2. The van der Waals surface area contributed by atoms with Gasteiger partial charge in [-0.2, -0.15) is 0 Å². The summed E-state index contributed by atoms with van der Waals surface area (Å²) in [5, 5.41) is 0. The molecule has 0 aliphatic carbocycles. The molecule has 0 fully saturated rings. The van der Waals surface area contributed by atoms with E-state index < -0.39 is 0 Å². The molecule has 0 heterocycles. The van der Waals surface area contributed by atoms with E-state index in [4.69, 9.17) is 5.73 Å². The van der Waals surface area contributed by atoms with E-state index in [-0.39, 0.29) is 0 Å². The average Bonchev–Trinajstić information content (AvgIpc) is 2.50. The first-order valence-electron chi connectivity index (χ1n) is 7.80. The zero-order chi connectivity index (χ0) is 16.1. The van der Waals surface area contributed by atoms with Crippen molar-refractivity contribution in [1.29, 1.82) is 0 Å². The van der Waals surface area contributed by atoms with Crippen LogP contribution in [0.25, 0.3) is 0 Å². The van der Waals surface area contributed by atoms with E-state index in [1.807, 2.05) is 35.2 Å². The highest BCUT2D eigenvalue weighted by molar-refractivity contribution is 5.97. The molecule has 0 aromatic heterocycles. The third kappa shape index (κ3) is 3.48. The monoisotopic (exact) mass is 295 g/mol. The number of benzene rings is 2. The maximum Gasteiger partial charge on any atom is 0.201 e. The van der Waals surface area contributed by atoms with Crippen LogP contribution in [0.2, 0.25) is 0 Å². The zero-order valence-corrected chi connectivity index (χ0v) is 13.9. The average molecular weight is 295 g/mol. The number of aliphatic imine (C=N–C) groups is 1. The van der Waals surface area contributed by atoms with E-state index >= 15 is 0 Å². The zero-order valence-electron chi connectivity index (χ0n) is 13.9. The number of guanidine groups is 1. The van der Waals surface area contributed by atoms with Crippen LogP contribution >= 0.6 is 0 Å². The lowest BCUT2D eigenvalue weighted by Gasteiger charge is -2.24. The Balaban J connectivity index is 2.41. The van der Waals surface area contributed by atoms with Crippen LogP contribution in [0.4, 0.5) is 11.4 Å². The van der Waals surface area contributed by atoms with Crippen molar-refractivity contribution in [2.75, 3.05) is 11.4 Å². The van der Waals surface area contributed by atoms with Gasteiger partial charge in [-0.05, 0) is 43.0 Å². The van der Waals surface area contributed by atoms with Gasteiger partial charge in [-0.3, -0.25) is 0 Å². The summed E-state index contributed by atoms with van der Waals surface area (Å²) in [6, 6.07) is 16.4. The summed E-state index contributed by atoms with van der Waals surface area (Å²) in [6.45, 7) is 9.30. The van der Waals surface area contributed by atoms with Gasteiger partial charge in [-0.1, -0.05) is 50.2 Å². The fraction of sp³-hybridized carbons (Fsp3) is 0.316. The van der Waals surface area contributed by atoms with Crippen LogP contribution in [0.5, 0.6) is 0 Å². The van der Waals surface area contributed by atoms with E-state index in [0.29, 0.717) is 11.9 Å². The molecule has 2 aromatic carbocycles. The summed E-state index contributed by atoms with van der Waals surface area (Å²) < 4.78 is 0. The topological polar surface area (TPSA) is 41.6 Å². The van der Waals surface area contributed by atoms with Gasteiger partial charge in [0.15, 0.2) is 0 Å². The van der Waals surface area contributed by atoms with Gasteiger partial charge in [-0.15, -0.1) is 0 Å². The van der Waals surface area contributed by atoms with Crippen molar-refractivity contribution in [3.05, 3.63) is 59.7 Å². The molecule has 3 nitrogen and oxygen atoms in total. The fourth-order valence-electron chi connectivity index (χ4n) is 2.58. The Morgan fingerprint density at radius 2 is 1.73 bits per heavy atom. The summed E-state index contributed by atoms with van der Waals surface area (Å²) in [5.41, 5.74) is 10.8. The molecule has 0 bridgehead atoms. The van der Waals surface area contributed by atoms with Crippen molar-refractivity contribution in [3.63, 3.8) is 0 Å². The van der Waals surface area contributed by atoms with Gasteiger partial charge in [0.2, 0.25) is 5.96 Å². The van der Waals surface area contributed by atoms with Gasteiger partial charge in [0, 0.05) is 12.2 Å². The standard InChI is InChI=1S/C19H25N3/c1-5-22(18-13-9-6-10-15(18)4)19(20)21-17-12-8-7-11-16(17)14(2)3/h6-14H,5H2,1-4H3,(H2,20,21). The minimum absolute atomic E-state index is 0.418. The highest BCUT2D eigenvalue weighted by Crippen LogP contribution is 2.27. The van der Waals surface area contributed by atoms with Crippen molar-refractivity contribution < 1.29 is 0 Å². The second-order valence-electron chi connectivity index (χ2n) is 5.71. The molecule has 0 spiro atoms. The SMILES string of the molecule is CCN(C(N)=Nc1ccccc1C(C)C)c1ccccc1C. The molecule has 2 aromatic rings. The fourth-order valence-corrected chi connectivity index (χ4v) is 2.58. The molecule has 0 amide bonds. The summed E-state index contributed by atoms with van der Waals surface area (Å²) in [6.07, 6.45) is 0. The molecule has 0 saturated carbocycles. The van der Waals surface area contributed by atoms with Crippen LogP contribution in [-0.2, 0) is 0 Å². The van der Waals surface area contributed by atoms with E-state index in [9.17, 15) is 0 Å². The van der Waals surface area contributed by atoms with Gasteiger partial charge in [0.1, 0.15) is 0 Å². The molecule has 0 aliphatic heterocycles. The first-order valence-corrected chi connectivity index (χ1v) is 7.80. The second kappa shape index (κ2) is 7.12. The molecule has 22 heavy (non-hydrogen) atoms. The van der Waals surface area contributed by atoms with E-state index in [0.717, 1.165) is 17.9 Å². The molecule has 0 unspecified atom stereocenters. The molecule has 0 aliphatic rings. The van der Waals surface area contributed by atoms with Crippen LogP contribution in [0, 0.1) is 6.92 Å². The van der Waals surface area contributed by atoms with Gasteiger partial charge in [0.05, 0.1) is 5.69 Å². The van der Waals surface area contributed by atoms with Gasteiger partial charge >= 0.3 is 0 Å². The van der Waals surface area contributed by atoms with Crippen LogP contribution in [0.3, 0.4) is 0 Å². The predicted molar refractivity (Wildman–Crippen MR) is 96.0 cm³/mol. The number of para-hydroxylation sites is 2. The van der Waals surface area contributed by atoms with Gasteiger partial charge in [0.25, 0.3) is 0 Å². The Hall–Kier alpha value is -2.29. The number of nitrogens with two attached hydrogens (primary N) is 1. The van der Waals surface area contributed by atoms with Crippen LogP contribution < -0.4 is 10.6 Å². The van der Waals surface area contributed by atoms with Crippen molar-refractivity contribution in [1.82, 2.24) is 0 Å². The lowest BCUT2D eigenvalue weighted by atomic mass is 10.0. The predicted octanol–water partition coefficient (Wildman–Crippen LogP) is 4.59. The highest BCUT2D eigenvalue weighted by Gasteiger charge is 2.12. The largest absolute Gasteiger partial charge is 0.369 e. The lowest BCUT2D eigenvalue weighted by Crippen LogP contribution is -2.37. The van der Waals surface area contributed by atoms with Crippen molar-refractivity contribution in [3.8, 4) is 0 Å². The quantitative estimate of drug-likeness (QED) is 0.662. The molecular formula is C19H25N3. The summed E-state index contributed by atoms with van der Waals surface area (Å²) in [7, 11) is 0. The minimum atomic E-state index is 0.418. The summed E-state index contributed by atoms with van der Waals surface area (Å²) in [5.74, 6) is 0.950. The van der Waals surface area contributed by atoms with Gasteiger partial charge in [-0.25, -0.2) is 4.99 Å². The molecule has 0 atom stereocenters. The molecule has 2 rings (SSSR count).